The smallest absolute Gasteiger partial charge is 0.339 e. The van der Waals surface area contributed by atoms with Crippen LogP contribution in [-0.2, 0) is 9.53 Å². The van der Waals surface area contributed by atoms with Gasteiger partial charge in [0.05, 0.1) is 7.11 Å². The lowest BCUT2D eigenvalue weighted by Gasteiger charge is -2.37. The molecule has 2 heterocycles. The summed E-state index contributed by atoms with van der Waals surface area (Å²) in [4.78, 5) is 28.5. The molecule has 1 fully saturated rings. The van der Waals surface area contributed by atoms with E-state index in [1.807, 2.05) is 0 Å². The molecule has 20 heavy (non-hydrogen) atoms. The minimum absolute atomic E-state index is 0.107. The van der Waals surface area contributed by atoms with Crippen LogP contribution in [0.25, 0.3) is 0 Å². The first-order valence-corrected chi connectivity index (χ1v) is 6.22. The van der Waals surface area contributed by atoms with Crippen molar-refractivity contribution in [1.29, 1.82) is 0 Å². The van der Waals surface area contributed by atoms with Crippen molar-refractivity contribution < 1.29 is 24.5 Å². The van der Waals surface area contributed by atoms with Gasteiger partial charge in [0.2, 0.25) is 0 Å². The number of aromatic nitrogens is 1. The fourth-order valence-corrected chi connectivity index (χ4v) is 2.30. The van der Waals surface area contributed by atoms with E-state index in [0.29, 0.717) is 18.9 Å². The third-order valence-electron chi connectivity index (χ3n) is 3.47. The second-order valence-corrected chi connectivity index (χ2v) is 4.69. The van der Waals surface area contributed by atoms with E-state index in [-0.39, 0.29) is 18.4 Å². The van der Waals surface area contributed by atoms with E-state index < -0.39 is 17.5 Å². The number of methoxy groups -OCH3 is 1. The van der Waals surface area contributed by atoms with Crippen molar-refractivity contribution in [3.8, 4) is 0 Å². The number of aromatic carboxylic acids is 1. The number of esters is 1. The predicted molar refractivity (Wildman–Crippen MR) is 69.6 cm³/mol. The summed E-state index contributed by atoms with van der Waals surface area (Å²) < 4.78 is 4.58. The summed E-state index contributed by atoms with van der Waals surface area (Å²) in [5, 5.41) is 19.3. The van der Waals surface area contributed by atoms with Crippen LogP contribution in [0.15, 0.2) is 18.3 Å². The van der Waals surface area contributed by atoms with Crippen LogP contribution in [0.5, 0.6) is 0 Å². The Morgan fingerprint density at radius 1 is 1.40 bits per heavy atom. The Bertz CT molecular complexity index is 523. The molecule has 2 N–H and O–H groups in total. The maximum absolute atomic E-state index is 11.5. The van der Waals surface area contributed by atoms with E-state index in [1.165, 1.54) is 19.4 Å². The van der Waals surface area contributed by atoms with Crippen molar-refractivity contribution in [2.24, 2.45) is 0 Å². The summed E-state index contributed by atoms with van der Waals surface area (Å²) in [5.41, 5.74) is -1.39. The number of anilines is 1. The summed E-state index contributed by atoms with van der Waals surface area (Å²) in [6.45, 7) is 0.672. The number of piperidine rings is 1. The Morgan fingerprint density at radius 2 is 2.05 bits per heavy atom. The summed E-state index contributed by atoms with van der Waals surface area (Å²) in [6, 6.07) is 3.04. The van der Waals surface area contributed by atoms with Crippen LogP contribution in [0, 0.1) is 0 Å². The van der Waals surface area contributed by atoms with E-state index in [0.717, 1.165) is 0 Å². The molecule has 1 saturated heterocycles. The fourth-order valence-electron chi connectivity index (χ4n) is 2.30. The summed E-state index contributed by atoms with van der Waals surface area (Å²) >= 11 is 0. The SMILES string of the molecule is COC(=O)C1(O)CCN(c2ncccc2C(=O)O)CC1. The lowest BCUT2D eigenvalue weighted by atomic mass is 9.91. The molecule has 1 aliphatic rings. The molecule has 7 heteroatoms. The number of carboxylic acids is 1. The highest BCUT2D eigenvalue weighted by Gasteiger charge is 2.41. The first kappa shape index (κ1) is 14.3. The average molecular weight is 280 g/mol. The van der Waals surface area contributed by atoms with Gasteiger partial charge in [0.25, 0.3) is 0 Å². The molecule has 0 spiro atoms. The highest BCUT2D eigenvalue weighted by atomic mass is 16.5. The number of nitrogens with zero attached hydrogens (tertiary/aromatic N) is 2. The Kier molecular flexibility index (Phi) is 3.89. The van der Waals surface area contributed by atoms with Gasteiger partial charge in [-0.05, 0) is 12.1 Å². The molecule has 108 valence electrons. The molecule has 0 bridgehead atoms. The number of aliphatic hydroxyl groups is 1. The quantitative estimate of drug-likeness (QED) is 0.767. The van der Waals surface area contributed by atoms with Crippen LogP contribution in [0.3, 0.4) is 0 Å². The molecule has 2 rings (SSSR count). The second kappa shape index (κ2) is 5.46. The van der Waals surface area contributed by atoms with Gasteiger partial charge in [0.15, 0.2) is 5.60 Å². The molecule has 0 radical (unpaired) electrons. The standard InChI is InChI=1S/C13H16N2O5/c1-20-12(18)13(19)4-7-15(8-5-13)10-9(11(16)17)3-2-6-14-10/h2-3,6,19H,4-5,7-8H2,1H3,(H,16,17). The first-order chi connectivity index (χ1) is 9.48. The summed E-state index contributed by atoms with van der Waals surface area (Å²) in [6.07, 6.45) is 1.87. The zero-order valence-corrected chi connectivity index (χ0v) is 11.1. The average Bonchev–Trinajstić information content (AvgIpc) is 2.47. The molecule has 1 aromatic rings. The minimum atomic E-state index is -1.50. The Balaban J connectivity index is 2.16. The molecule has 0 unspecified atom stereocenters. The van der Waals surface area contributed by atoms with E-state index in [4.69, 9.17) is 5.11 Å². The molecule has 0 atom stereocenters. The number of hydrogen-bond donors (Lipinski definition) is 2. The van der Waals surface area contributed by atoms with E-state index in [2.05, 4.69) is 9.72 Å². The summed E-state index contributed by atoms with van der Waals surface area (Å²) in [5.74, 6) is -1.36. The van der Waals surface area contributed by atoms with Crippen molar-refractivity contribution >= 4 is 17.8 Å². The van der Waals surface area contributed by atoms with Gasteiger partial charge in [-0.1, -0.05) is 0 Å². The van der Waals surface area contributed by atoms with E-state index >= 15 is 0 Å². The molecule has 1 aliphatic heterocycles. The topological polar surface area (TPSA) is 100.0 Å². The van der Waals surface area contributed by atoms with Gasteiger partial charge in [-0.25, -0.2) is 14.6 Å². The third-order valence-corrected chi connectivity index (χ3v) is 3.47. The van der Waals surface area contributed by atoms with Gasteiger partial charge in [-0.3, -0.25) is 0 Å². The molecular formula is C13H16N2O5. The van der Waals surface area contributed by atoms with Crippen molar-refractivity contribution in [2.75, 3.05) is 25.1 Å². The van der Waals surface area contributed by atoms with E-state index in [1.54, 1.807) is 11.0 Å². The Labute approximate surface area is 115 Å². The van der Waals surface area contributed by atoms with Crippen molar-refractivity contribution in [2.45, 2.75) is 18.4 Å². The number of carbonyl (C=O) groups excluding carboxylic acids is 1. The second-order valence-electron chi connectivity index (χ2n) is 4.69. The van der Waals surface area contributed by atoms with Crippen molar-refractivity contribution in [1.82, 2.24) is 4.98 Å². The van der Waals surface area contributed by atoms with Crippen LogP contribution in [-0.4, -0.2) is 52.9 Å². The highest BCUT2D eigenvalue weighted by molar-refractivity contribution is 5.93. The first-order valence-electron chi connectivity index (χ1n) is 6.22. The van der Waals surface area contributed by atoms with Crippen LogP contribution >= 0.6 is 0 Å². The molecule has 0 aliphatic carbocycles. The lowest BCUT2D eigenvalue weighted by Crippen LogP contribution is -2.50. The molecule has 7 nitrogen and oxygen atoms in total. The Hall–Kier alpha value is -2.15. The maximum Gasteiger partial charge on any atom is 0.339 e. The monoisotopic (exact) mass is 280 g/mol. The lowest BCUT2D eigenvalue weighted by molar-refractivity contribution is -0.164. The number of ether oxygens (including phenoxy) is 1. The van der Waals surface area contributed by atoms with Gasteiger partial charge in [0, 0.05) is 32.1 Å². The molecule has 0 amide bonds. The molecule has 0 saturated carbocycles. The van der Waals surface area contributed by atoms with Crippen molar-refractivity contribution in [3.63, 3.8) is 0 Å². The van der Waals surface area contributed by atoms with Crippen LogP contribution < -0.4 is 4.90 Å². The molecular weight excluding hydrogens is 264 g/mol. The number of carboxylic acid groups (broad SMARTS) is 1. The van der Waals surface area contributed by atoms with E-state index in [9.17, 15) is 14.7 Å². The van der Waals surface area contributed by atoms with Gasteiger partial charge in [0.1, 0.15) is 11.4 Å². The van der Waals surface area contributed by atoms with Gasteiger partial charge < -0.3 is 19.8 Å². The fraction of sp³-hybridized carbons (Fsp3) is 0.462. The predicted octanol–water partition coefficient (Wildman–Crippen LogP) is 0.284. The van der Waals surface area contributed by atoms with Gasteiger partial charge in [-0.2, -0.15) is 0 Å². The number of carbonyl (C=O) groups is 2. The zero-order valence-electron chi connectivity index (χ0n) is 11.1. The minimum Gasteiger partial charge on any atom is -0.478 e. The number of rotatable bonds is 3. The molecule has 0 aromatic carbocycles. The number of pyridine rings is 1. The van der Waals surface area contributed by atoms with Crippen LogP contribution in [0.1, 0.15) is 23.2 Å². The Morgan fingerprint density at radius 3 is 2.60 bits per heavy atom. The van der Waals surface area contributed by atoms with Crippen LogP contribution in [0.2, 0.25) is 0 Å². The molecule has 1 aromatic heterocycles. The van der Waals surface area contributed by atoms with Crippen molar-refractivity contribution in [3.05, 3.63) is 23.9 Å². The third kappa shape index (κ3) is 2.57. The number of hydrogen-bond acceptors (Lipinski definition) is 6. The zero-order chi connectivity index (χ0) is 14.8. The summed E-state index contributed by atoms with van der Waals surface area (Å²) in [7, 11) is 1.23. The van der Waals surface area contributed by atoms with Gasteiger partial charge >= 0.3 is 11.9 Å². The highest BCUT2D eigenvalue weighted by Crippen LogP contribution is 2.28. The maximum atomic E-state index is 11.5. The van der Waals surface area contributed by atoms with Gasteiger partial charge in [-0.15, -0.1) is 0 Å². The van der Waals surface area contributed by atoms with Crippen LogP contribution in [0.4, 0.5) is 5.82 Å². The largest absolute Gasteiger partial charge is 0.478 e. The normalized spacial score (nSPS) is 17.6.